The van der Waals surface area contributed by atoms with Crippen molar-refractivity contribution in [3.63, 3.8) is 0 Å². The van der Waals surface area contributed by atoms with Crippen molar-refractivity contribution < 1.29 is 9.90 Å². The smallest absolute Gasteiger partial charge is 0.259 e. The number of rotatable bonds is 2. The Morgan fingerprint density at radius 3 is 2.63 bits per heavy atom. The molecule has 0 fully saturated rings. The summed E-state index contributed by atoms with van der Waals surface area (Å²) in [5.74, 6) is -0.463. The first-order valence-electron chi connectivity index (χ1n) is 5.53. The first-order chi connectivity index (χ1) is 8.97. The molecule has 0 aliphatic carbocycles. The number of carbonyl (C=O) groups excluding carboxylic acids is 1. The lowest BCUT2D eigenvalue weighted by atomic mass is 10.1. The van der Waals surface area contributed by atoms with Gasteiger partial charge in [-0.15, -0.1) is 0 Å². The number of amides is 1. The molecule has 1 amide bonds. The number of hydrogen-bond acceptors (Lipinski definition) is 2. The highest BCUT2D eigenvalue weighted by Gasteiger charge is 2.11. The van der Waals surface area contributed by atoms with Crippen LogP contribution in [0, 0.1) is 6.92 Å². The highest BCUT2D eigenvalue weighted by Crippen LogP contribution is 2.24. The molecule has 98 valence electrons. The lowest BCUT2D eigenvalue weighted by molar-refractivity contribution is 0.102. The Morgan fingerprint density at radius 2 is 2.00 bits per heavy atom. The van der Waals surface area contributed by atoms with E-state index < -0.39 is 0 Å². The Kier molecular flexibility index (Phi) is 4.12. The summed E-state index contributed by atoms with van der Waals surface area (Å²) in [5.41, 5.74) is 1.73. The molecule has 0 radical (unpaired) electrons. The number of nitrogens with one attached hydrogen (secondary N) is 1. The van der Waals surface area contributed by atoms with Crippen molar-refractivity contribution >= 4 is 39.1 Å². The maximum atomic E-state index is 12.0. The van der Waals surface area contributed by atoms with Crippen LogP contribution in [0.25, 0.3) is 0 Å². The predicted molar refractivity (Wildman–Crippen MR) is 79.9 cm³/mol. The van der Waals surface area contributed by atoms with E-state index in [-0.39, 0.29) is 17.2 Å². The number of benzene rings is 2. The van der Waals surface area contributed by atoms with E-state index in [9.17, 15) is 9.90 Å². The summed E-state index contributed by atoms with van der Waals surface area (Å²) < 4.78 is 0.708. The van der Waals surface area contributed by atoms with Crippen molar-refractivity contribution in [1.29, 1.82) is 0 Å². The van der Waals surface area contributed by atoms with Gasteiger partial charge in [-0.25, -0.2) is 0 Å². The molecule has 2 rings (SSSR count). The van der Waals surface area contributed by atoms with Crippen LogP contribution in [-0.2, 0) is 0 Å². The first-order valence-corrected chi connectivity index (χ1v) is 6.70. The van der Waals surface area contributed by atoms with Crippen LogP contribution in [-0.4, -0.2) is 11.0 Å². The summed E-state index contributed by atoms with van der Waals surface area (Å²) in [4.78, 5) is 12.0. The maximum absolute atomic E-state index is 12.0. The van der Waals surface area contributed by atoms with Crippen molar-refractivity contribution in [3.8, 4) is 5.75 Å². The molecule has 0 aromatic heterocycles. The molecule has 2 aromatic rings. The standard InChI is InChI=1S/C14H11BrClNO2/c1-8-2-4-10(7-12(8)16)17-14(19)11-5-3-9(15)6-13(11)18/h2-7,18H,1H3,(H,17,19). The zero-order chi connectivity index (χ0) is 14.0. The molecule has 5 heteroatoms. The lowest BCUT2D eigenvalue weighted by Gasteiger charge is -2.08. The minimum Gasteiger partial charge on any atom is -0.507 e. The summed E-state index contributed by atoms with van der Waals surface area (Å²) in [5, 5.41) is 13.0. The van der Waals surface area contributed by atoms with Crippen LogP contribution in [0.15, 0.2) is 40.9 Å². The summed E-state index contributed by atoms with van der Waals surface area (Å²) in [6, 6.07) is 9.96. The molecule has 2 N–H and O–H groups in total. The summed E-state index contributed by atoms with van der Waals surface area (Å²) in [6.07, 6.45) is 0. The van der Waals surface area contributed by atoms with E-state index in [1.807, 2.05) is 13.0 Å². The molecule has 3 nitrogen and oxygen atoms in total. The van der Waals surface area contributed by atoms with E-state index in [0.29, 0.717) is 15.2 Å². The molecule has 0 aliphatic rings. The molecule has 0 saturated heterocycles. The van der Waals surface area contributed by atoms with E-state index >= 15 is 0 Å². The van der Waals surface area contributed by atoms with Gasteiger partial charge in [0.1, 0.15) is 5.75 Å². The van der Waals surface area contributed by atoms with Gasteiger partial charge in [0.2, 0.25) is 0 Å². The third kappa shape index (κ3) is 3.28. The topological polar surface area (TPSA) is 49.3 Å². The van der Waals surface area contributed by atoms with Crippen LogP contribution in [0.5, 0.6) is 5.75 Å². The Hall–Kier alpha value is -1.52. The lowest BCUT2D eigenvalue weighted by Crippen LogP contribution is -2.12. The van der Waals surface area contributed by atoms with Gasteiger partial charge in [0, 0.05) is 15.2 Å². The Labute approximate surface area is 124 Å². The highest BCUT2D eigenvalue weighted by molar-refractivity contribution is 9.10. The fraction of sp³-hybridized carbons (Fsp3) is 0.0714. The number of phenolic OH excluding ortho intramolecular Hbond substituents is 1. The average molecular weight is 341 g/mol. The fourth-order valence-electron chi connectivity index (χ4n) is 1.57. The van der Waals surface area contributed by atoms with E-state index in [2.05, 4.69) is 21.2 Å². The monoisotopic (exact) mass is 339 g/mol. The second-order valence-electron chi connectivity index (χ2n) is 4.08. The van der Waals surface area contributed by atoms with Crippen LogP contribution in [0.3, 0.4) is 0 Å². The van der Waals surface area contributed by atoms with Crippen LogP contribution >= 0.6 is 27.5 Å². The van der Waals surface area contributed by atoms with E-state index in [0.717, 1.165) is 5.56 Å². The molecule has 19 heavy (non-hydrogen) atoms. The number of carbonyl (C=O) groups is 1. The number of aryl methyl sites for hydroxylation is 1. The number of halogens is 2. The van der Waals surface area contributed by atoms with Crippen molar-refractivity contribution in [2.24, 2.45) is 0 Å². The van der Waals surface area contributed by atoms with Gasteiger partial charge in [0.05, 0.1) is 5.56 Å². The second-order valence-corrected chi connectivity index (χ2v) is 5.40. The molecule has 0 saturated carbocycles. The maximum Gasteiger partial charge on any atom is 0.259 e. The molecule has 0 unspecified atom stereocenters. The van der Waals surface area contributed by atoms with Crippen LogP contribution in [0.2, 0.25) is 5.02 Å². The van der Waals surface area contributed by atoms with Gasteiger partial charge in [-0.1, -0.05) is 33.6 Å². The first kappa shape index (κ1) is 13.9. The summed E-state index contributed by atoms with van der Waals surface area (Å²) in [7, 11) is 0. The normalized spacial score (nSPS) is 10.3. The molecular formula is C14H11BrClNO2. The second kappa shape index (κ2) is 5.63. The Balaban J connectivity index is 2.23. The highest BCUT2D eigenvalue weighted by atomic mass is 79.9. The molecule has 0 heterocycles. The van der Waals surface area contributed by atoms with Crippen LogP contribution in [0.4, 0.5) is 5.69 Å². The van der Waals surface area contributed by atoms with Crippen molar-refractivity contribution in [3.05, 3.63) is 57.0 Å². The van der Waals surface area contributed by atoms with Crippen molar-refractivity contribution in [2.75, 3.05) is 5.32 Å². The van der Waals surface area contributed by atoms with E-state index in [1.54, 1.807) is 24.3 Å². The molecule has 2 aromatic carbocycles. The van der Waals surface area contributed by atoms with Crippen LogP contribution < -0.4 is 5.32 Å². The third-order valence-corrected chi connectivity index (χ3v) is 3.53. The predicted octanol–water partition coefficient (Wildman–Crippen LogP) is 4.37. The molecule has 0 atom stereocenters. The quantitative estimate of drug-likeness (QED) is 0.853. The Morgan fingerprint density at radius 1 is 1.26 bits per heavy atom. The molecule has 0 aliphatic heterocycles. The number of phenols is 1. The average Bonchev–Trinajstić information content (AvgIpc) is 2.33. The van der Waals surface area contributed by atoms with Crippen molar-refractivity contribution in [1.82, 2.24) is 0 Å². The minimum absolute atomic E-state index is 0.0786. The number of hydrogen-bond donors (Lipinski definition) is 2. The number of anilines is 1. The van der Waals surface area contributed by atoms with Gasteiger partial charge < -0.3 is 10.4 Å². The zero-order valence-corrected chi connectivity index (χ0v) is 12.4. The van der Waals surface area contributed by atoms with Gasteiger partial charge >= 0.3 is 0 Å². The van der Waals surface area contributed by atoms with Gasteiger partial charge in [0.25, 0.3) is 5.91 Å². The van der Waals surface area contributed by atoms with Crippen LogP contribution in [0.1, 0.15) is 15.9 Å². The van der Waals surface area contributed by atoms with Gasteiger partial charge in [-0.3, -0.25) is 4.79 Å². The molecule has 0 bridgehead atoms. The van der Waals surface area contributed by atoms with Gasteiger partial charge in [0.15, 0.2) is 0 Å². The van der Waals surface area contributed by atoms with E-state index in [4.69, 9.17) is 11.6 Å². The fourth-order valence-corrected chi connectivity index (χ4v) is 2.10. The minimum atomic E-state index is -0.384. The largest absolute Gasteiger partial charge is 0.507 e. The number of aromatic hydroxyl groups is 1. The Bertz CT molecular complexity index is 643. The summed E-state index contributed by atoms with van der Waals surface area (Å²) >= 11 is 9.21. The van der Waals surface area contributed by atoms with Gasteiger partial charge in [-0.05, 0) is 42.8 Å². The summed E-state index contributed by atoms with van der Waals surface area (Å²) in [6.45, 7) is 1.88. The van der Waals surface area contributed by atoms with Crippen molar-refractivity contribution in [2.45, 2.75) is 6.92 Å². The molecule has 0 spiro atoms. The van der Waals surface area contributed by atoms with Gasteiger partial charge in [-0.2, -0.15) is 0 Å². The zero-order valence-electron chi connectivity index (χ0n) is 10.1. The van der Waals surface area contributed by atoms with E-state index in [1.165, 1.54) is 6.07 Å². The third-order valence-electron chi connectivity index (χ3n) is 2.63. The molecular weight excluding hydrogens is 330 g/mol. The SMILES string of the molecule is Cc1ccc(NC(=O)c2ccc(Br)cc2O)cc1Cl.